The van der Waals surface area contributed by atoms with Crippen molar-refractivity contribution >= 4 is 23.7 Å². The van der Waals surface area contributed by atoms with Crippen LogP contribution in [0.15, 0.2) is 24.3 Å². The molecule has 3 amide bonds. The first-order valence-corrected chi connectivity index (χ1v) is 7.90. The summed E-state index contributed by atoms with van der Waals surface area (Å²) < 4.78 is 17.9. The fourth-order valence-electron chi connectivity index (χ4n) is 2.86. The first-order valence-electron chi connectivity index (χ1n) is 7.90. The molecule has 1 N–H and O–H groups in total. The fraction of sp³-hybridized carbons (Fsp3) is 0.412. The van der Waals surface area contributed by atoms with Gasteiger partial charge in [-0.3, -0.25) is 19.3 Å². The van der Waals surface area contributed by atoms with Crippen molar-refractivity contribution in [2.24, 2.45) is 5.92 Å². The molecule has 1 saturated heterocycles. The van der Waals surface area contributed by atoms with Crippen LogP contribution >= 0.6 is 0 Å². The second kappa shape index (κ2) is 6.27. The Morgan fingerprint density at radius 2 is 2.08 bits per heavy atom. The van der Waals surface area contributed by atoms with E-state index in [0.29, 0.717) is 0 Å². The average Bonchev–Trinajstić information content (AvgIpc) is 3.39. The number of imide groups is 1. The van der Waals surface area contributed by atoms with Crippen LogP contribution in [-0.2, 0) is 14.3 Å². The van der Waals surface area contributed by atoms with Crippen LogP contribution in [0.4, 0.5) is 9.18 Å². The van der Waals surface area contributed by atoms with Gasteiger partial charge in [-0.25, -0.2) is 9.18 Å². The molecule has 25 heavy (non-hydrogen) atoms. The van der Waals surface area contributed by atoms with Gasteiger partial charge in [0.05, 0.1) is 0 Å². The van der Waals surface area contributed by atoms with Crippen molar-refractivity contribution in [3.05, 3.63) is 35.6 Å². The third-order valence-corrected chi connectivity index (χ3v) is 4.49. The van der Waals surface area contributed by atoms with E-state index in [-0.39, 0.29) is 11.5 Å². The molecule has 1 aliphatic carbocycles. The fourth-order valence-corrected chi connectivity index (χ4v) is 2.86. The highest BCUT2D eigenvalue weighted by Crippen LogP contribution is 2.42. The van der Waals surface area contributed by atoms with E-state index < -0.39 is 48.2 Å². The van der Waals surface area contributed by atoms with Crippen molar-refractivity contribution in [1.82, 2.24) is 10.2 Å². The number of halogens is 1. The van der Waals surface area contributed by atoms with Crippen LogP contribution in [0.25, 0.3) is 0 Å². The molecule has 2 fully saturated rings. The molecule has 8 heteroatoms. The number of Topliss-reactive ketones (excluding diaryl/α,β-unsaturated/α-hetero) is 1. The first kappa shape index (κ1) is 17.1. The highest BCUT2D eigenvalue weighted by Gasteiger charge is 2.56. The zero-order valence-electron chi connectivity index (χ0n) is 13.6. The highest BCUT2D eigenvalue weighted by molar-refractivity contribution is 6.09. The van der Waals surface area contributed by atoms with Gasteiger partial charge in [0, 0.05) is 5.56 Å². The van der Waals surface area contributed by atoms with Gasteiger partial charge in [-0.15, -0.1) is 0 Å². The summed E-state index contributed by atoms with van der Waals surface area (Å²) in [6.07, 6.45) is 1.70. The summed E-state index contributed by atoms with van der Waals surface area (Å²) in [7, 11) is 0. The second-order valence-electron chi connectivity index (χ2n) is 6.39. The maximum Gasteiger partial charge on any atom is 0.326 e. The maximum absolute atomic E-state index is 13.1. The van der Waals surface area contributed by atoms with Crippen LogP contribution in [0.2, 0.25) is 0 Å². The molecular formula is C17H17FN2O5. The Bertz CT molecular complexity index is 761. The molecule has 1 aromatic carbocycles. The number of rotatable bonds is 6. The largest absolute Gasteiger partial charge is 0.456 e. The van der Waals surface area contributed by atoms with Gasteiger partial charge in [0.15, 0.2) is 12.4 Å². The van der Waals surface area contributed by atoms with Gasteiger partial charge in [0.2, 0.25) is 0 Å². The molecule has 1 atom stereocenters. The minimum atomic E-state index is -0.977. The monoisotopic (exact) mass is 348 g/mol. The number of nitrogens with zero attached hydrogens (tertiary/aromatic N) is 1. The van der Waals surface area contributed by atoms with Gasteiger partial charge in [0.1, 0.15) is 17.9 Å². The average molecular weight is 348 g/mol. The summed E-state index contributed by atoms with van der Waals surface area (Å²) in [6, 6.07) is 4.35. The first-order chi connectivity index (χ1) is 11.8. The number of hydrogen-bond acceptors (Lipinski definition) is 5. The Kier molecular flexibility index (Phi) is 4.28. The minimum absolute atomic E-state index is 0.0732. The van der Waals surface area contributed by atoms with Crippen molar-refractivity contribution in [3.63, 3.8) is 0 Å². The summed E-state index contributed by atoms with van der Waals surface area (Å²) >= 11 is 0. The topological polar surface area (TPSA) is 92.8 Å². The molecule has 0 radical (unpaired) electrons. The maximum atomic E-state index is 13.1. The van der Waals surface area contributed by atoms with Crippen LogP contribution in [0, 0.1) is 11.7 Å². The SMILES string of the molecule is C[C@]1(C2CC2)NC(=O)N(CC(=O)OCC(=O)c2cccc(F)c2)C1=O. The molecule has 0 aromatic heterocycles. The quantitative estimate of drug-likeness (QED) is 0.475. The van der Waals surface area contributed by atoms with Crippen molar-refractivity contribution in [1.29, 1.82) is 0 Å². The van der Waals surface area contributed by atoms with Crippen molar-refractivity contribution in [2.75, 3.05) is 13.2 Å². The minimum Gasteiger partial charge on any atom is -0.456 e. The Labute approximate surface area is 143 Å². The number of hydrogen-bond donors (Lipinski definition) is 1. The molecule has 2 aliphatic rings. The molecule has 0 unspecified atom stereocenters. The van der Waals surface area contributed by atoms with E-state index in [2.05, 4.69) is 5.32 Å². The number of benzene rings is 1. The number of ether oxygens (including phenoxy) is 1. The number of esters is 1. The summed E-state index contributed by atoms with van der Waals surface area (Å²) in [5.41, 5.74) is -0.904. The molecule has 0 spiro atoms. The van der Waals surface area contributed by atoms with E-state index in [0.717, 1.165) is 23.8 Å². The molecule has 132 valence electrons. The molecule has 7 nitrogen and oxygen atoms in total. The summed E-state index contributed by atoms with van der Waals surface area (Å²) in [5, 5.41) is 2.62. The van der Waals surface area contributed by atoms with E-state index in [9.17, 15) is 23.6 Å². The lowest BCUT2D eigenvalue weighted by molar-refractivity contribution is -0.146. The lowest BCUT2D eigenvalue weighted by Crippen LogP contribution is -2.46. The van der Waals surface area contributed by atoms with E-state index in [1.807, 2.05) is 0 Å². The predicted octanol–water partition coefficient (Wildman–Crippen LogP) is 1.27. The van der Waals surface area contributed by atoms with Crippen molar-refractivity contribution in [3.8, 4) is 0 Å². The third-order valence-electron chi connectivity index (χ3n) is 4.49. The van der Waals surface area contributed by atoms with E-state index >= 15 is 0 Å². The van der Waals surface area contributed by atoms with Gasteiger partial charge in [0.25, 0.3) is 5.91 Å². The standard InChI is InChI=1S/C17H17FN2O5/c1-17(11-5-6-11)15(23)20(16(24)19-17)8-14(22)25-9-13(21)10-3-2-4-12(18)7-10/h2-4,7,11H,5-6,8-9H2,1H3,(H,19,24)/t17-/m1/s1. The van der Waals surface area contributed by atoms with E-state index in [1.54, 1.807) is 6.92 Å². The number of nitrogens with one attached hydrogen (secondary N) is 1. The molecule has 1 aromatic rings. The molecule has 0 bridgehead atoms. The van der Waals surface area contributed by atoms with Gasteiger partial charge in [-0.1, -0.05) is 12.1 Å². The third kappa shape index (κ3) is 3.38. The zero-order valence-corrected chi connectivity index (χ0v) is 13.6. The number of amides is 3. The summed E-state index contributed by atoms with van der Waals surface area (Å²) in [5.74, 6) is -2.41. The Hall–Kier alpha value is -2.77. The summed E-state index contributed by atoms with van der Waals surface area (Å²) in [6.45, 7) is 0.485. The second-order valence-corrected chi connectivity index (χ2v) is 6.39. The molecule has 1 heterocycles. The van der Waals surface area contributed by atoms with Crippen molar-refractivity contribution in [2.45, 2.75) is 25.3 Å². The molecular weight excluding hydrogens is 331 g/mol. The van der Waals surface area contributed by atoms with Crippen LogP contribution in [-0.4, -0.2) is 47.3 Å². The Morgan fingerprint density at radius 3 is 2.72 bits per heavy atom. The highest BCUT2D eigenvalue weighted by atomic mass is 19.1. The normalized spacial score (nSPS) is 22.7. The molecule has 1 saturated carbocycles. The van der Waals surface area contributed by atoms with Crippen molar-refractivity contribution < 1.29 is 28.3 Å². The van der Waals surface area contributed by atoms with Gasteiger partial charge in [-0.05, 0) is 37.8 Å². The Balaban J connectivity index is 1.55. The van der Waals surface area contributed by atoms with Gasteiger partial charge < -0.3 is 10.1 Å². The van der Waals surface area contributed by atoms with Crippen LogP contribution in [0.3, 0.4) is 0 Å². The lowest BCUT2D eigenvalue weighted by atomic mass is 9.96. The van der Waals surface area contributed by atoms with Crippen LogP contribution in [0.1, 0.15) is 30.1 Å². The smallest absolute Gasteiger partial charge is 0.326 e. The number of ketones is 1. The predicted molar refractivity (Wildman–Crippen MR) is 83.1 cm³/mol. The van der Waals surface area contributed by atoms with Gasteiger partial charge in [-0.2, -0.15) is 0 Å². The lowest BCUT2D eigenvalue weighted by Gasteiger charge is -2.20. The van der Waals surface area contributed by atoms with Crippen LogP contribution in [0.5, 0.6) is 0 Å². The van der Waals surface area contributed by atoms with E-state index in [4.69, 9.17) is 4.74 Å². The van der Waals surface area contributed by atoms with Crippen LogP contribution < -0.4 is 5.32 Å². The zero-order chi connectivity index (χ0) is 18.2. The summed E-state index contributed by atoms with van der Waals surface area (Å²) in [4.78, 5) is 48.9. The number of urea groups is 1. The number of carbonyl (C=O) groups is 4. The number of carbonyl (C=O) groups excluding carboxylic acids is 4. The van der Waals surface area contributed by atoms with Gasteiger partial charge >= 0.3 is 12.0 Å². The van der Waals surface area contributed by atoms with E-state index in [1.165, 1.54) is 18.2 Å². The molecule has 3 rings (SSSR count). The Morgan fingerprint density at radius 1 is 1.36 bits per heavy atom. The molecule has 1 aliphatic heterocycles.